The van der Waals surface area contributed by atoms with E-state index in [0.29, 0.717) is 18.8 Å². The van der Waals surface area contributed by atoms with Gasteiger partial charge in [-0.15, -0.1) is 11.3 Å². The number of amides is 2. The summed E-state index contributed by atoms with van der Waals surface area (Å²) in [5, 5.41) is 5.32. The summed E-state index contributed by atoms with van der Waals surface area (Å²) in [6.07, 6.45) is 5.54. The number of ether oxygens (including phenoxy) is 1. The Morgan fingerprint density at radius 3 is 2.81 bits per heavy atom. The molecule has 2 amide bonds. The van der Waals surface area contributed by atoms with E-state index in [4.69, 9.17) is 4.74 Å². The summed E-state index contributed by atoms with van der Waals surface area (Å²) in [6, 6.07) is 11.9. The van der Waals surface area contributed by atoms with Crippen molar-refractivity contribution in [3.63, 3.8) is 0 Å². The van der Waals surface area contributed by atoms with Gasteiger partial charge in [0.25, 0.3) is 5.91 Å². The summed E-state index contributed by atoms with van der Waals surface area (Å²) >= 11 is 1.62. The lowest BCUT2D eigenvalue weighted by Gasteiger charge is -2.45. The summed E-state index contributed by atoms with van der Waals surface area (Å²) in [6.45, 7) is 2.70. The van der Waals surface area contributed by atoms with Gasteiger partial charge in [0, 0.05) is 12.6 Å². The molecule has 1 fully saturated rings. The highest BCUT2D eigenvalue weighted by molar-refractivity contribution is 7.17. The van der Waals surface area contributed by atoms with Gasteiger partial charge in [0.15, 0.2) is 0 Å². The second-order valence-electron chi connectivity index (χ2n) is 9.11. The second-order valence-corrected chi connectivity index (χ2v) is 10.1. The first kappa shape index (κ1) is 21.1. The molecule has 1 N–H and O–H groups in total. The van der Waals surface area contributed by atoms with Gasteiger partial charge in [-0.2, -0.15) is 0 Å². The molecule has 1 saturated carbocycles. The first-order chi connectivity index (χ1) is 15.5. The zero-order valence-corrected chi connectivity index (χ0v) is 19.4. The quantitative estimate of drug-likeness (QED) is 0.618. The Hall–Kier alpha value is -2.80. The third-order valence-corrected chi connectivity index (χ3v) is 7.81. The summed E-state index contributed by atoms with van der Waals surface area (Å²) in [7, 11) is 1.63. The first-order valence-corrected chi connectivity index (χ1v) is 12.2. The Labute approximate surface area is 192 Å². The molecular formula is C25H29N3O3S. The molecule has 1 unspecified atom stereocenters. The third-order valence-electron chi connectivity index (χ3n) is 6.95. The summed E-state index contributed by atoms with van der Waals surface area (Å²) < 4.78 is 8.47. The highest BCUT2D eigenvalue weighted by Gasteiger charge is 2.48. The largest absolute Gasteiger partial charge is 0.497 e. The number of methoxy groups -OCH3 is 1. The molecule has 1 aliphatic heterocycles. The van der Waals surface area contributed by atoms with Crippen molar-refractivity contribution in [2.75, 3.05) is 7.11 Å². The van der Waals surface area contributed by atoms with E-state index in [2.05, 4.69) is 5.32 Å². The molecule has 32 heavy (non-hydrogen) atoms. The van der Waals surface area contributed by atoms with Crippen LogP contribution in [-0.4, -0.2) is 40.0 Å². The van der Waals surface area contributed by atoms with Crippen molar-refractivity contribution in [2.24, 2.45) is 0 Å². The maximum Gasteiger partial charge on any atom is 0.271 e. The van der Waals surface area contributed by atoms with Crippen LogP contribution < -0.4 is 10.1 Å². The normalized spacial score (nSPS) is 21.6. The molecule has 2 aliphatic rings. The van der Waals surface area contributed by atoms with Gasteiger partial charge in [0.2, 0.25) is 5.91 Å². The van der Waals surface area contributed by atoms with Gasteiger partial charge >= 0.3 is 0 Å². The Bertz CT molecular complexity index is 1160. The van der Waals surface area contributed by atoms with Gasteiger partial charge < -0.3 is 19.5 Å². The van der Waals surface area contributed by atoms with E-state index in [1.165, 1.54) is 6.42 Å². The minimum atomic E-state index is -0.988. The minimum absolute atomic E-state index is 0.0663. The van der Waals surface area contributed by atoms with Crippen molar-refractivity contribution < 1.29 is 14.3 Å². The van der Waals surface area contributed by atoms with E-state index in [0.717, 1.165) is 47.2 Å². The maximum absolute atomic E-state index is 13.8. The summed E-state index contributed by atoms with van der Waals surface area (Å²) in [4.78, 5) is 29.2. The van der Waals surface area contributed by atoms with Crippen LogP contribution in [0, 0.1) is 0 Å². The Kier molecular flexibility index (Phi) is 5.45. The molecule has 1 aliphatic carbocycles. The number of rotatable bonds is 5. The average Bonchev–Trinajstić information content (AvgIpc) is 3.40. The number of aromatic nitrogens is 1. The maximum atomic E-state index is 13.8. The molecular weight excluding hydrogens is 422 g/mol. The van der Waals surface area contributed by atoms with Crippen molar-refractivity contribution in [3.8, 4) is 5.75 Å². The number of hydrogen-bond acceptors (Lipinski definition) is 4. The Balaban J connectivity index is 1.53. The zero-order chi connectivity index (χ0) is 22.3. The molecule has 7 heteroatoms. The van der Waals surface area contributed by atoms with Crippen LogP contribution in [-0.2, 0) is 17.9 Å². The van der Waals surface area contributed by atoms with E-state index in [1.807, 2.05) is 53.3 Å². The molecule has 6 nitrogen and oxygen atoms in total. The van der Waals surface area contributed by atoms with E-state index in [1.54, 1.807) is 23.3 Å². The van der Waals surface area contributed by atoms with Gasteiger partial charge in [0.05, 0.1) is 23.9 Å². The van der Waals surface area contributed by atoms with Crippen molar-refractivity contribution in [1.82, 2.24) is 14.8 Å². The van der Waals surface area contributed by atoms with Crippen LogP contribution in [0.25, 0.3) is 10.2 Å². The highest BCUT2D eigenvalue weighted by atomic mass is 32.1. The Morgan fingerprint density at radius 1 is 1.22 bits per heavy atom. The van der Waals surface area contributed by atoms with Crippen molar-refractivity contribution in [2.45, 2.75) is 63.7 Å². The molecule has 2 aromatic heterocycles. The number of fused-ring (bicyclic) bond motifs is 3. The van der Waals surface area contributed by atoms with Crippen molar-refractivity contribution in [1.29, 1.82) is 0 Å². The van der Waals surface area contributed by atoms with Gasteiger partial charge in [-0.3, -0.25) is 9.59 Å². The SMILES string of the molecule is COc1cccc(CN2C(=O)c3cc4sccc4n3CC2(C)C(=O)NC2CCCCC2)c1. The predicted octanol–water partition coefficient (Wildman–Crippen LogP) is 4.58. The fourth-order valence-corrected chi connectivity index (χ4v) is 5.88. The molecule has 1 atom stereocenters. The molecule has 0 spiro atoms. The van der Waals surface area contributed by atoms with E-state index in [9.17, 15) is 9.59 Å². The monoisotopic (exact) mass is 451 g/mol. The Morgan fingerprint density at radius 2 is 2.03 bits per heavy atom. The van der Waals surface area contributed by atoms with Crippen LogP contribution in [0.15, 0.2) is 41.8 Å². The van der Waals surface area contributed by atoms with Gasteiger partial charge in [-0.05, 0) is 55.0 Å². The fourth-order valence-electron chi connectivity index (χ4n) is 5.06. The number of hydrogen-bond donors (Lipinski definition) is 1. The van der Waals surface area contributed by atoms with Gasteiger partial charge in [-0.1, -0.05) is 31.4 Å². The molecule has 0 saturated heterocycles. The first-order valence-electron chi connectivity index (χ1n) is 11.3. The molecule has 1 aromatic carbocycles. The topological polar surface area (TPSA) is 63.6 Å². The molecule has 5 rings (SSSR count). The summed E-state index contributed by atoms with van der Waals surface area (Å²) in [5.41, 5.74) is 1.63. The van der Waals surface area contributed by atoms with E-state index in [-0.39, 0.29) is 17.9 Å². The van der Waals surface area contributed by atoms with Gasteiger partial charge in [0.1, 0.15) is 17.0 Å². The average molecular weight is 452 g/mol. The van der Waals surface area contributed by atoms with Crippen LogP contribution in [0.2, 0.25) is 0 Å². The lowest BCUT2D eigenvalue weighted by atomic mass is 9.91. The number of nitrogens with one attached hydrogen (secondary N) is 1. The minimum Gasteiger partial charge on any atom is -0.497 e. The molecule has 3 aromatic rings. The van der Waals surface area contributed by atoms with E-state index >= 15 is 0 Å². The van der Waals surface area contributed by atoms with Crippen LogP contribution >= 0.6 is 11.3 Å². The smallest absolute Gasteiger partial charge is 0.271 e. The van der Waals surface area contributed by atoms with Crippen LogP contribution in [0.5, 0.6) is 5.75 Å². The highest BCUT2D eigenvalue weighted by Crippen LogP contribution is 2.35. The fraction of sp³-hybridized carbons (Fsp3) is 0.440. The van der Waals surface area contributed by atoms with E-state index < -0.39 is 5.54 Å². The third kappa shape index (κ3) is 3.58. The lowest BCUT2D eigenvalue weighted by molar-refractivity contribution is -0.134. The van der Waals surface area contributed by atoms with Gasteiger partial charge in [-0.25, -0.2) is 0 Å². The van der Waals surface area contributed by atoms with Crippen LogP contribution in [0.4, 0.5) is 0 Å². The molecule has 3 heterocycles. The second kappa shape index (κ2) is 8.28. The standard InChI is InChI=1S/C25H29N3O3S/c1-25(24(30)26-18-8-4-3-5-9-18)16-27-20-11-12-32-22(20)14-21(27)23(29)28(25)15-17-7-6-10-19(13-17)31-2/h6-7,10-14,18H,3-5,8-9,15-16H2,1-2H3,(H,26,30). The number of benzene rings is 1. The molecule has 0 radical (unpaired) electrons. The molecule has 168 valence electrons. The predicted molar refractivity (Wildman–Crippen MR) is 126 cm³/mol. The number of thiophene rings is 1. The van der Waals surface area contributed by atoms with Crippen molar-refractivity contribution >= 4 is 33.4 Å². The van der Waals surface area contributed by atoms with Crippen LogP contribution in [0.1, 0.15) is 55.1 Å². The summed E-state index contributed by atoms with van der Waals surface area (Å²) in [5.74, 6) is 0.566. The molecule has 0 bridgehead atoms. The number of carbonyl (C=O) groups excluding carboxylic acids is 2. The number of nitrogens with zero attached hydrogens (tertiary/aromatic N) is 2. The van der Waals surface area contributed by atoms with Crippen LogP contribution in [0.3, 0.4) is 0 Å². The van der Waals surface area contributed by atoms with Crippen molar-refractivity contribution in [3.05, 3.63) is 53.0 Å². The zero-order valence-electron chi connectivity index (χ0n) is 18.6. The lowest BCUT2D eigenvalue weighted by Crippen LogP contribution is -2.64. The number of carbonyl (C=O) groups is 2.